The SMILES string of the molecule is CCOC(=O)c1c(C)[nH]c(C)c1C(=O)CSc1ccccn1. The molecule has 0 aliphatic rings. The van der Waals surface area contributed by atoms with Crippen LogP contribution in [0.4, 0.5) is 0 Å². The van der Waals surface area contributed by atoms with Gasteiger partial charge < -0.3 is 9.72 Å². The van der Waals surface area contributed by atoms with Crippen LogP contribution in [0, 0.1) is 13.8 Å². The van der Waals surface area contributed by atoms with Crippen molar-refractivity contribution in [3.63, 3.8) is 0 Å². The number of nitrogens with one attached hydrogen (secondary N) is 1. The Hall–Kier alpha value is -2.08. The number of ether oxygens (including phenoxy) is 1. The van der Waals surface area contributed by atoms with Crippen molar-refractivity contribution >= 4 is 23.5 Å². The van der Waals surface area contributed by atoms with Crippen molar-refractivity contribution in [2.45, 2.75) is 25.8 Å². The number of Topliss-reactive ketones (excluding diaryl/α,β-unsaturated/α-hetero) is 1. The van der Waals surface area contributed by atoms with Crippen LogP contribution in [0.1, 0.15) is 39.0 Å². The van der Waals surface area contributed by atoms with Crippen LogP contribution >= 0.6 is 11.8 Å². The van der Waals surface area contributed by atoms with Gasteiger partial charge in [0.1, 0.15) is 0 Å². The summed E-state index contributed by atoms with van der Waals surface area (Å²) in [5.41, 5.74) is 2.10. The molecule has 22 heavy (non-hydrogen) atoms. The van der Waals surface area contributed by atoms with Gasteiger partial charge >= 0.3 is 5.97 Å². The minimum atomic E-state index is -0.462. The molecule has 0 bridgehead atoms. The number of H-pyrrole nitrogens is 1. The second kappa shape index (κ2) is 7.26. The van der Waals surface area contributed by atoms with Crippen LogP contribution in [0.25, 0.3) is 0 Å². The lowest BCUT2D eigenvalue weighted by Gasteiger charge is -2.05. The summed E-state index contributed by atoms with van der Waals surface area (Å²) >= 11 is 1.35. The number of thioether (sulfide) groups is 1. The lowest BCUT2D eigenvalue weighted by molar-refractivity contribution is 0.0522. The van der Waals surface area contributed by atoms with Crippen molar-refractivity contribution in [1.82, 2.24) is 9.97 Å². The molecule has 0 saturated carbocycles. The fourth-order valence-corrected chi connectivity index (χ4v) is 2.97. The number of hydrogen-bond donors (Lipinski definition) is 1. The molecule has 0 radical (unpaired) electrons. The van der Waals surface area contributed by atoms with Gasteiger partial charge in [0.05, 0.1) is 28.5 Å². The third-order valence-electron chi connectivity index (χ3n) is 3.12. The predicted molar refractivity (Wildman–Crippen MR) is 85.5 cm³/mol. The Kier molecular flexibility index (Phi) is 5.38. The number of rotatable bonds is 6. The first-order valence-electron chi connectivity index (χ1n) is 6.97. The maximum atomic E-state index is 12.5. The van der Waals surface area contributed by atoms with Crippen LogP contribution in [0.2, 0.25) is 0 Å². The molecule has 0 amide bonds. The van der Waals surface area contributed by atoms with Crippen molar-refractivity contribution in [3.05, 3.63) is 46.9 Å². The maximum absolute atomic E-state index is 12.5. The zero-order valence-electron chi connectivity index (χ0n) is 12.8. The molecule has 116 valence electrons. The number of esters is 1. The van der Waals surface area contributed by atoms with Crippen LogP contribution in [0.5, 0.6) is 0 Å². The first kappa shape index (κ1) is 16.3. The second-order valence-corrected chi connectivity index (χ2v) is 5.72. The molecule has 0 spiro atoms. The lowest BCUT2D eigenvalue weighted by Crippen LogP contribution is -2.13. The van der Waals surface area contributed by atoms with Gasteiger partial charge in [-0.25, -0.2) is 9.78 Å². The van der Waals surface area contributed by atoms with E-state index >= 15 is 0 Å². The molecule has 1 N–H and O–H groups in total. The zero-order valence-corrected chi connectivity index (χ0v) is 13.6. The Morgan fingerprint density at radius 1 is 1.23 bits per heavy atom. The summed E-state index contributed by atoms with van der Waals surface area (Å²) in [7, 11) is 0. The number of pyridine rings is 1. The van der Waals surface area contributed by atoms with Gasteiger partial charge in [-0.3, -0.25) is 4.79 Å². The van der Waals surface area contributed by atoms with Gasteiger partial charge in [-0.1, -0.05) is 17.8 Å². The fraction of sp³-hybridized carbons (Fsp3) is 0.312. The minimum absolute atomic E-state index is 0.111. The van der Waals surface area contributed by atoms with Crippen LogP contribution in [-0.2, 0) is 4.74 Å². The largest absolute Gasteiger partial charge is 0.462 e. The van der Waals surface area contributed by atoms with Gasteiger partial charge in [-0.2, -0.15) is 0 Å². The van der Waals surface area contributed by atoms with Gasteiger partial charge in [-0.15, -0.1) is 0 Å². The number of aryl methyl sites for hydroxylation is 2. The molecule has 0 aliphatic carbocycles. The van der Waals surface area contributed by atoms with E-state index in [2.05, 4.69) is 9.97 Å². The second-order valence-electron chi connectivity index (χ2n) is 4.73. The van der Waals surface area contributed by atoms with Crippen molar-refractivity contribution in [3.8, 4) is 0 Å². The minimum Gasteiger partial charge on any atom is -0.462 e. The van der Waals surface area contributed by atoms with Crippen LogP contribution in [-0.4, -0.2) is 34.1 Å². The zero-order chi connectivity index (χ0) is 16.1. The highest BCUT2D eigenvalue weighted by Gasteiger charge is 2.25. The molecule has 2 aromatic heterocycles. The van der Waals surface area contributed by atoms with Crippen LogP contribution < -0.4 is 0 Å². The molecule has 0 fully saturated rings. The summed E-state index contributed by atoms with van der Waals surface area (Å²) in [5, 5.41) is 0.776. The highest BCUT2D eigenvalue weighted by Crippen LogP contribution is 2.23. The molecule has 0 unspecified atom stereocenters. The number of aromatic nitrogens is 2. The Morgan fingerprint density at radius 2 is 1.95 bits per heavy atom. The van der Waals surface area contributed by atoms with Crippen LogP contribution in [0.3, 0.4) is 0 Å². The third kappa shape index (κ3) is 3.57. The highest BCUT2D eigenvalue weighted by molar-refractivity contribution is 7.99. The predicted octanol–water partition coefficient (Wildman–Crippen LogP) is 3.18. The first-order valence-corrected chi connectivity index (χ1v) is 7.96. The summed E-state index contributed by atoms with van der Waals surface area (Å²) in [6.45, 7) is 5.57. The van der Waals surface area contributed by atoms with E-state index in [-0.39, 0.29) is 18.1 Å². The quantitative estimate of drug-likeness (QED) is 0.503. The monoisotopic (exact) mass is 318 g/mol. The molecule has 0 saturated heterocycles. The molecule has 6 heteroatoms. The average Bonchev–Trinajstić information content (AvgIpc) is 2.80. The standard InChI is InChI=1S/C16H18N2O3S/c1-4-21-16(20)15-11(3)18-10(2)14(15)12(19)9-22-13-7-5-6-8-17-13/h5-8,18H,4,9H2,1-3H3. The number of nitrogens with zero attached hydrogens (tertiary/aromatic N) is 1. The lowest BCUT2D eigenvalue weighted by atomic mass is 10.1. The molecular formula is C16H18N2O3S. The average molecular weight is 318 g/mol. The fourth-order valence-electron chi connectivity index (χ4n) is 2.23. The highest BCUT2D eigenvalue weighted by atomic mass is 32.2. The normalized spacial score (nSPS) is 10.5. The first-order chi connectivity index (χ1) is 10.5. The Labute approximate surface area is 133 Å². The summed E-state index contributed by atoms with van der Waals surface area (Å²) in [5.74, 6) is -0.349. The van der Waals surface area contributed by atoms with Gasteiger partial charge in [0.2, 0.25) is 0 Å². The van der Waals surface area contributed by atoms with Gasteiger partial charge in [0.25, 0.3) is 0 Å². The van der Waals surface area contributed by atoms with Crippen molar-refractivity contribution in [2.75, 3.05) is 12.4 Å². The topological polar surface area (TPSA) is 72.1 Å². The van der Waals surface area contributed by atoms with Gasteiger partial charge in [0.15, 0.2) is 5.78 Å². The van der Waals surface area contributed by atoms with Crippen molar-refractivity contribution in [2.24, 2.45) is 0 Å². The smallest absolute Gasteiger partial charge is 0.340 e. The molecule has 0 atom stereocenters. The summed E-state index contributed by atoms with van der Waals surface area (Å²) < 4.78 is 5.05. The third-order valence-corrected chi connectivity index (χ3v) is 4.07. The summed E-state index contributed by atoms with van der Waals surface area (Å²) in [6, 6.07) is 5.54. The van der Waals surface area contributed by atoms with E-state index in [0.29, 0.717) is 22.5 Å². The van der Waals surface area contributed by atoms with E-state index in [0.717, 1.165) is 5.03 Å². The van der Waals surface area contributed by atoms with Crippen molar-refractivity contribution < 1.29 is 14.3 Å². The van der Waals surface area contributed by atoms with E-state index in [9.17, 15) is 9.59 Å². The molecule has 2 heterocycles. The molecule has 0 aromatic carbocycles. The number of hydrogen-bond acceptors (Lipinski definition) is 5. The number of carbonyl (C=O) groups excluding carboxylic acids is 2. The van der Waals surface area contributed by atoms with Gasteiger partial charge in [-0.05, 0) is 32.9 Å². The van der Waals surface area contributed by atoms with Crippen LogP contribution in [0.15, 0.2) is 29.4 Å². The number of aromatic amines is 1. The molecule has 0 aliphatic heterocycles. The summed E-state index contributed by atoms with van der Waals surface area (Å²) in [6.07, 6.45) is 1.68. The van der Waals surface area contributed by atoms with E-state index in [1.165, 1.54) is 11.8 Å². The number of ketones is 1. The Morgan fingerprint density at radius 3 is 2.59 bits per heavy atom. The Bertz CT molecular complexity index is 680. The Balaban J connectivity index is 2.20. The van der Waals surface area contributed by atoms with E-state index < -0.39 is 5.97 Å². The molecule has 2 rings (SSSR count). The van der Waals surface area contributed by atoms with E-state index in [1.807, 2.05) is 18.2 Å². The van der Waals surface area contributed by atoms with Crippen molar-refractivity contribution in [1.29, 1.82) is 0 Å². The van der Waals surface area contributed by atoms with Gasteiger partial charge in [0, 0.05) is 17.6 Å². The van der Waals surface area contributed by atoms with E-state index in [1.54, 1.807) is 27.0 Å². The summed E-state index contributed by atoms with van der Waals surface area (Å²) in [4.78, 5) is 31.8. The van der Waals surface area contributed by atoms with E-state index in [4.69, 9.17) is 4.74 Å². The molecule has 5 nitrogen and oxygen atoms in total. The molecular weight excluding hydrogens is 300 g/mol. The number of carbonyl (C=O) groups is 2. The maximum Gasteiger partial charge on any atom is 0.340 e. The molecule has 2 aromatic rings.